The lowest BCUT2D eigenvalue weighted by Crippen LogP contribution is -2.10. The number of nitrogens with zero attached hydrogens (tertiary/aromatic N) is 1. The summed E-state index contributed by atoms with van der Waals surface area (Å²) in [6, 6.07) is 63.1. The number of hydrogen-bond donors (Lipinski definition) is 0. The van der Waals surface area contributed by atoms with E-state index in [1.807, 2.05) is 17.4 Å². The second-order valence-corrected chi connectivity index (χ2v) is 13.5. The van der Waals surface area contributed by atoms with Gasteiger partial charge in [0.15, 0.2) is 5.58 Å². The molecule has 0 atom stereocenters. The molecule has 2 aromatic heterocycles. The number of para-hydroxylation sites is 2. The number of thiophene rings is 1. The average molecular weight is 644 g/mol. The highest BCUT2D eigenvalue weighted by molar-refractivity contribution is 7.27. The summed E-state index contributed by atoms with van der Waals surface area (Å²) in [5, 5.41) is 7.27. The van der Waals surface area contributed by atoms with E-state index >= 15 is 0 Å². The number of anilines is 3. The maximum Gasteiger partial charge on any atom is 0.159 e. The van der Waals surface area contributed by atoms with Crippen molar-refractivity contribution in [1.29, 1.82) is 0 Å². The second-order valence-electron chi connectivity index (χ2n) is 12.5. The van der Waals surface area contributed by atoms with E-state index in [-0.39, 0.29) is 0 Å². The molecular weight excluding hydrogens is 615 g/mol. The molecule has 0 aliphatic carbocycles. The third-order valence-electron chi connectivity index (χ3n) is 9.66. The average Bonchev–Trinajstić information content (AvgIpc) is 3.75. The highest BCUT2D eigenvalue weighted by atomic mass is 32.1. The highest BCUT2D eigenvalue weighted by Gasteiger charge is 2.23. The van der Waals surface area contributed by atoms with Crippen molar-refractivity contribution in [3.8, 4) is 22.3 Å². The fourth-order valence-corrected chi connectivity index (χ4v) is 8.66. The molecule has 10 rings (SSSR count). The zero-order valence-electron chi connectivity index (χ0n) is 26.5. The Hall–Kier alpha value is -6.16. The smallest absolute Gasteiger partial charge is 0.159 e. The molecule has 8 aromatic carbocycles. The van der Waals surface area contributed by atoms with Crippen LogP contribution in [0.15, 0.2) is 180 Å². The summed E-state index contributed by atoms with van der Waals surface area (Å²) >= 11 is 1.87. The molecule has 0 aliphatic heterocycles. The van der Waals surface area contributed by atoms with Crippen LogP contribution in [-0.4, -0.2) is 0 Å². The quantitative estimate of drug-likeness (QED) is 0.186. The van der Waals surface area contributed by atoms with Crippen LogP contribution in [0.1, 0.15) is 0 Å². The van der Waals surface area contributed by atoms with Gasteiger partial charge in [0, 0.05) is 31.9 Å². The Morgan fingerprint density at radius 3 is 1.90 bits per heavy atom. The Kier molecular flexibility index (Phi) is 6.39. The first kappa shape index (κ1) is 27.9. The van der Waals surface area contributed by atoms with Crippen LogP contribution in [0, 0.1) is 0 Å². The van der Waals surface area contributed by atoms with Gasteiger partial charge < -0.3 is 9.32 Å². The van der Waals surface area contributed by atoms with Crippen molar-refractivity contribution in [1.82, 2.24) is 0 Å². The van der Waals surface area contributed by atoms with Gasteiger partial charge >= 0.3 is 0 Å². The first-order valence-corrected chi connectivity index (χ1v) is 17.4. The highest BCUT2D eigenvalue weighted by Crippen LogP contribution is 2.49. The molecule has 0 radical (unpaired) electrons. The summed E-state index contributed by atoms with van der Waals surface area (Å²) in [6.45, 7) is 0. The molecule has 0 saturated carbocycles. The molecule has 0 saturated heterocycles. The number of fused-ring (bicyclic) bond motifs is 7. The lowest BCUT2D eigenvalue weighted by molar-refractivity contribution is 0.669. The number of rotatable bonds is 5. The van der Waals surface area contributed by atoms with Crippen LogP contribution in [-0.2, 0) is 0 Å². The van der Waals surface area contributed by atoms with Gasteiger partial charge in [-0.25, -0.2) is 0 Å². The molecule has 2 nitrogen and oxygen atoms in total. The zero-order valence-corrected chi connectivity index (χ0v) is 27.3. The van der Waals surface area contributed by atoms with Gasteiger partial charge in [0.25, 0.3) is 0 Å². The second kappa shape index (κ2) is 11.2. The number of furan rings is 1. The van der Waals surface area contributed by atoms with Crippen molar-refractivity contribution in [2.75, 3.05) is 4.90 Å². The van der Waals surface area contributed by atoms with E-state index in [2.05, 4.69) is 175 Å². The van der Waals surface area contributed by atoms with Crippen molar-refractivity contribution in [2.24, 2.45) is 0 Å². The summed E-state index contributed by atoms with van der Waals surface area (Å²) in [4.78, 5) is 2.38. The zero-order chi connectivity index (χ0) is 32.3. The Morgan fingerprint density at radius 2 is 1.04 bits per heavy atom. The Bertz CT molecular complexity index is 2830. The van der Waals surface area contributed by atoms with Crippen LogP contribution in [0.25, 0.3) is 75.1 Å². The lowest BCUT2D eigenvalue weighted by atomic mass is 9.99. The topological polar surface area (TPSA) is 16.4 Å². The monoisotopic (exact) mass is 643 g/mol. The van der Waals surface area contributed by atoms with Crippen LogP contribution in [0.2, 0.25) is 0 Å². The summed E-state index contributed by atoms with van der Waals surface area (Å²) in [5.41, 5.74) is 9.87. The van der Waals surface area contributed by atoms with E-state index in [0.29, 0.717) is 0 Å². The molecule has 0 N–H and O–H groups in total. The minimum atomic E-state index is 0.880. The largest absolute Gasteiger partial charge is 0.454 e. The van der Waals surface area contributed by atoms with Gasteiger partial charge in [-0.05, 0) is 69.4 Å². The van der Waals surface area contributed by atoms with E-state index in [9.17, 15) is 0 Å². The summed E-state index contributed by atoms with van der Waals surface area (Å²) < 4.78 is 9.18. The predicted octanol–water partition coefficient (Wildman–Crippen LogP) is 13.9. The molecule has 0 fully saturated rings. The fraction of sp³-hybridized carbons (Fsp3) is 0. The first-order chi connectivity index (χ1) is 24.3. The predicted molar refractivity (Wildman–Crippen MR) is 210 cm³/mol. The third kappa shape index (κ3) is 4.55. The van der Waals surface area contributed by atoms with E-state index in [1.165, 1.54) is 53.2 Å². The Balaban J connectivity index is 1.22. The van der Waals surface area contributed by atoms with Gasteiger partial charge in [-0.3, -0.25) is 0 Å². The molecule has 0 aliphatic rings. The summed E-state index contributed by atoms with van der Waals surface area (Å²) in [5.74, 6) is 0. The van der Waals surface area contributed by atoms with E-state index in [1.54, 1.807) is 0 Å². The van der Waals surface area contributed by atoms with Gasteiger partial charge in [-0.1, -0.05) is 140 Å². The fourth-order valence-electron chi connectivity index (χ4n) is 7.32. The van der Waals surface area contributed by atoms with Crippen LogP contribution >= 0.6 is 11.3 Å². The van der Waals surface area contributed by atoms with Gasteiger partial charge in [0.2, 0.25) is 0 Å². The molecule has 0 unspecified atom stereocenters. The van der Waals surface area contributed by atoms with Gasteiger partial charge in [-0.15, -0.1) is 11.3 Å². The number of hydrogen-bond acceptors (Lipinski definition) is 3. The lowest BCUT2D eigenvalue weighted by Gasteiger charge is -2.26. The van der Waals surface area contributed by atoms with Crippen LogP contribution < -0.4 is 4.90 Å². The maximum absolute atomic E-state index is 6.65. The molecule has 10 aromatic rings. The standard InChI is InChI=1S/C46H29NOS/c1-2-11-30(12-3-1)32-25-27-35(28-26-32)47(41-20-9-17-38-37-15-6-7-22-43(37)48-44(38)41)42-21-10-19-40-39-18-8-16-36(45(39)49-46(40)42)34-24-23-31-13-4-5-14-33(31)29-34/h1-29H. The van der Waals surface area contributed by atoms with Gasteiger partial charge in [0.05, 0.1) is 16.1 Å². The van der Waals surface area contributed by atoms with Crippen molar-refractivity contribution in [3.05, 3.63) is 176 Å². The van der Waals surface area contributed by atoms with Crippen molar-refractivity contribution >= 4 is 81.3 Å². The van der Waals surface area contributed by atoms with Gasteiger partial charge in [-0.2, -0.15) is 0 Å². The minimum Gasteiger partial charge on any atom is -0.454 e. The van der Waals surface area contributed by atoms with E-state index < -0.39 is 0 Å². The van der Waals surface area contributed by atoms with E-state index in [0.717, 1.165) is 39.0 Å². The first-order valence-electron chi connectivity index (χ1n) is 16.6. The molecule has 3 heteroatoms. The third-order valence-corrected chi connectivity index (χ3v) is 10.9. The van der Waals surface area contributed by atoms with Crippen molar-refractivity contribution < 1.29 is 4.42 Å². The Labute approximate surface area is 287 Å². The summed E-state index contributed by atoms with van der Waals surface area (Å²) in [7, 11) is 0. The van der Waals surface area contributed by atoms with Crippen LogP contribution in [0.4, 0.5) is 17.1 Å². The SMILES string of the molecule is c1ccc(-c2ccc(N(c3cccc4c3oc3ccccc34)c3cccc4c3sc3c(-c5ccc6ccccc6c5)cccc34)cc2)cc1. The molecule has 0 bridgehead atoms. The van der Waals surface area contributed by atoms with Gasteiger partial charge in [0.1, 0.15) is 5.58 Å². The van der Waals surface area contributed by atoms with Crippen LogP contribution in [0.5, 0.6) is 0 Å². The van der Waals surface area contributed by atoms with Crippen molar-refractivity contribution in [2.45, 2.75) is 0 Å². The van der Waals surface area contributed by atoms with Crippen LogP contribution in [0.3, 0.4) is 0 Å². The normalized spacial score (nSPS) is 11.7. The Morgan fingerprint density at radius 1 is 0.408 bits per heavy atom. The molecule has 230 valence electrons. The molecule has 49 heavy (non-hydrogen) atoms. The molecule has 0 amide bonds. The number of benzene rings is 8. The van der Waals surface area contributed by atoms with E-state index in [4.69, 9.17) is 4.42 Å². The van der Waals surface area contributed by atoms with Crippen molar-refractivity contribution in [3.63, 3.8) is 0 Å². The maximum atomic E-state index is 6.65. The minimum absolute atomic E-state index is 0.880. The summed E-state index contributed by atoms with van der Waals surface area (Å²) in [6.07, 6.45) is 0. The molecule has 2 heterocycles. The molecular formula is C46H29NOS. The molecule has 0 spiro atoms.